The second-order valence-corrected chi connectivity index (χ2v) is 6.41. The molecule has 5 nitrogen and oxygen atoms in total. The number of amides is 1. The summed E-state index contributed by atoms with van der Waals surface area (Å²) in [6, 6.07) is 23.5. The first-order valence-electron chi connectivity index (χ1n) is 8.70. The second-order valence-electron chi connectivity index (χ2n) is 6.41. The fraction of sp³-hybridized carbons (Fsp3) is 0.0909. The molecule has 5 heteroatoms. The zero-order valence-corrected chi connectivity index (χ0v) is 14.9. The molecule has 0 aliphatic rings. The first-order valence-corrected chi connectivity index (χ1v) is 8.70. The van der Waals surface area contributed by atoms with Gasteiger partial charge in [0.05, 0.1) is 11.3 Å². The van der Waals surface area contributed by atoms with Crippen molar-refractivity contribution in [2.45, 2.75) is 13.5 Å². The van der Waals surface area contributed by atoms with Gasteiger partial charge in [0.15, 0.2) is 5.76 Å². The number of nitrogens with zero attached hydrogens (tertiary/aromatic N) is 2. The van der Waals surface area contributed by atoms with Gasteiger partial charge >= 0.3 is 0 Å². The minimum absolute atomic E-state index is 0.452. The van der Waals surface area contributed by atoms with Crippen LogP contribution in [0.1, 0.15) is 21.6 Å². The molecule has 27 heavy (non-hydrogen) atoms. The number of benzene rings is 2. The highest BCUT2D eigenvalue weighted by molar-refractivity contribution is 5.95. The summed E-state index contributed by atoms with van der Waals surface area (Å²) in [7, 11) is 0. The van der Waals surface area contributed by atoms with Crippen molar-refractivity contribution >= 4 is 5.91 Å². The number of aromatic nitrogens is 2. The maximum atomic E-state index is 11.9. The van der Waals surface area contributed by atoms with E-state index in [1.807, 2.05) is 78.2 Å². The fourth-order valence-electron chi connectivity index (χ4n) is 3.21. The Morgan fingerprint density at radius 3 is 2.37 bits per heavy atom. The molecule has 0 bridgehead atoms. The van der Waals surface area contributed by atoms with Gasteiger partial charge in [0, 0.05) is 23.9 Å². The first-order chi connectivity index (χ1) is 13.1. The summed E-state index contributed by atoms with van der Waals surface area (Å²) in [6.07, 6.45) is 0. The molecule has 2 heterocycles. The van der Waals surface area contributed by atoms with Gasteiger partial charge in [-0.25, -0.2) is 0 Å². The number of hydrogen-bond donors (Lipinski definition) is 1. The van der Waals surface area contributed by atoms with Crippen LogP contribution in [0.25, 0.3) is 22.7 Å². The summed E-state index contributed by atoms with van der Waals surface area (Å²) in [4.78, 5) is 11.9. The lowest BCUT2D eigenvalue weighted by atomic mass is 10.1. The molecule has 134 valence electrons. The molecule has 2 aromatic heterocycles. The first kappa shape index (κ1) is 16.8. The second kappa shape index (κ2) is 6.96. The molecular formula is C22H19N3O2. The minimum atomic E-state index is -0.452. The highest BCUT2D eigenvalue weighted by Crippen LogP contribution is 2.29. The van der Waals surface area contributed by atoms with Gasteiger partial charge in [-0.1, -0.05) is 65.8 Å². The predicted molar refractivity (Wildman–Crippen MR) is 104 cm³/mol. The molecule has 2 aromatic carbocycles. The molecule has 0 spiro atoms. The van der Waals surface area contributed by atoms with E-state index in [0.29, 0.717) is 23.6 Å². The van der Waals surface area contributed by atoms with E-state index < -0.39 is 5.91 Å². The third-order valence-corrected chi connectivity index (χ3v) is 4.65. The summed E-state index contributed by atoms with van der Waals surface area (Å²) in [6.45, 7) is 2.51. The van der Waals surface area contributed by atoms with Crippen LogP contribution in [0.15, 0.2) is 77.3 Å². The average molecular weight is 357 g/mol. The molecule has 1 amide bonds. The quantitative estimate of drug-likeness (QED) is 0.580. The Morgan fingerprint density at radius 1 is 1.04 bits per heavy atom. The van der Waals surface area contributed by atoms with E-state index in [-0.39, 0.29) is 0 Å². The molecular weight excluding hydrogens is 338 g/mol. The van der Waals surface area contributed by atoms with Crippen molar-refractivity contribution in [3.05, 3.63) is 89.6 Å². The molecule has 0 aliphatic carbocycles. The molecule has 4 rings (SSSR count). The van der Waals surface area contributed by atoms with E-state index in [2.05, 4.69) is 5.16 Å². The van der Waals surface area contributed by atoms with Gasteiger partial charge in [-0.2, -0.15) is 0 Å². The zero-order chi connectivity index (χ0) is 18.8. The Hall–Kier alpha value is -3.60. The average Bonchev–Trinajstić information content (AvgIpc) is 3.29. The summed E-state index contributed by atoms with van der Waals surface area (Å²) in [5, 5.41) is 4.23. The van der Waals surface area contributed by atoms with Gasteiger partial charge in [0.1, 0.15) is 5.69 Å². The van der Waals surface area contributed by atoms with E-state index in [0.717, 1.165) is 22.5 Å². The van der Waals surface area contributed by atoms with Crippen LogP contribution >= 0.6 is 0 Å². The molecule has 0 unspecified atom stereocenters. The summed E-state index contributed by atoms with van der Waals surface area (Å²) in [5.74, 6) is 0.226. The van der Waals surface area contributed by atoms with E-state index in [4.69, 9.17) is 10.3 Å². The van der Waals surface area contributed by atoms with Crippen LogP contribution in [-0.4, -0.2) is 15.6 Å². The fourth-order valence-corrected chi connectivity index (χ4v) is 3.21. The molecule has 0 fully saturated rings. The molecule has 0 saturated carbocycles. The van der Waals surface area contributed by atoms with Crippen molar-refractivity contribution in [1.29, 1.82) is 0 Å². The zero-order valence-electron chi connectivity index (χ0n) is 14.9. The van der Waals surface area contributed by atoms with Crippen molar-refractivity contribution in [1.82, 2.24) is 9.72 Å². The number of carbonyl (C=O) groups is 1. The van der Waals surface area contributed by atoms with Gasteiger partial charge in [0.25, 0.3) is 5.91 Å². The van der Waals surface area contributed by atoms with Crippen molar-refractivity contribution < 1.29 is 9.32 Å². The maximum absolute atomic E-state index is 11.9. The Kier molecular flexibility index (Phi) is 4.34. The Bertz CT molecular complexity index is 1080. The van der Waals surface area contributed by atoms with Crippen LogP contribution in [0, 0.1) is 6.92 Å². The van der Waals surface area contributed by atoms with Gasteiger partial charge in [-0.3, -0.25) is 4.79 Å². The van der Waals surface area contributed by atoms with E-state index in [1.165, 1.54) is 0 Å². The largest absolute Gasteiger partial charge is 0.366 e. The van der Waals surface area contributed by atoms with Crippen molar-refractivity contribution in [3.63, 3.8) is 0 Å². The Labute approximate surface area is 157 Å². The molecule has 0 aliphatic heterocycles. The lowest BCUT2D eigenvalue weighted by Crippen LogP contribution is -2.12. The van der Waals surface area contributed by atoms with Crippen LogP contribution in [0.4, 0.5) is 0 Å². The molecule has 2 N–H and O–H groups in total. The number of primary amides is 1. The maximum Gasteiger partial charge on any atom is 0.250 e. The molecule has 0 atom stereocenters. The third-order valence-electron chi connectivity index (χ3n) is 4.65. The third kappa shape index (κ3) is 3.27. The van der Waals surface area contributed by atoms with E-state index >= 15 is 0 Å². The summed E-state index contributed by atoms with van der Waals surface area (Å²) < 4.78 is 7.58. The van der Waals surface area contributed by atoms with Crippen LogP contribution in [0.3, 0.4) is 0 Å². The number of hydrogen-bond acceptors (Lipinski definition) is 3. The Morgan fingerprint density at radius 2 is 1.70 bits per heavy atom. The molecule has 0 radical (unpaired) electrons. The number of carbonyl (C=O) groups excluding carboxylic acids is 1. The summed E-state index contributed by atoms with van der Waals surface area (Å²) >= 11 is 0. The van der Waals surface area contributed by atoms with Gasteiger partial charge in [0.2, 0.25) is 0 Å². The molecule has 4 aromatic rings. The monoisotopic (exact) mass is 357 g/mol. The van der Waals surface area contributed by atoms with Gasteiger partial charge < -0.3 is 14.8 Å². The predicted octanol–water partition coefficient (Wildman–Crippen LogP) is 4.27. The van der Waals surface area contributed by atoms with Gasteiger partial charge in [-0.05, 0) is 18.6 Å². The highest BCUT2D eigenvalue weighted by Gasteiger charge is 2.19. The number of rotatable bonds is 5. The minimum Gasteiger partial charge on any atom is -0.366 e. The smallest absolute Gasteiger partial charge is 0.250 e. The lowest BCUT2D eigenvalue weighted by Gasteiger charge is -2.10. The van der Waals surface area contributed by atoms with Crippen LogP contribution in [0.2, 0.25) is 0 Å². The topological polar surface area (TPSA) is 74.1 Å². The Balaban J connectivity index is 1.79. The van der Waals surface area contributed by atoms with Crippen molar-refractivity contribution in [2.75, 3.05) is 0 Å². The standard InChI is InChI=1S/C22H19N3O2/c1-15-18(22(23)26)12-20(25(15)14-16-8-4-2-5-9-16)19-13-21(27-24-19)17-10-6-3-7-11-17/h2-13H,14H2,1H3,(H2,23,26). The highest BCUT2D eigenvalue weighted by atomic mass is 16.5. The van der Waals surface area contributed by atoms with Crippen molar-refractivity contribution in [2.24, 2.45) is 5.73 Å². The normalized spacial score (nSPS) is 10.9. The van der Waals surface area contributed by atoms with Crippen LogP contribution in [0.5, 0.6) is 0 Å². The molecule has 0 saturated heterocycles. The van der Waals surface area contributed by atoms with Crippen LogP contribution < -0.4 is 5.73 Å². The van der Waals surface area contributed by atoms with E-state index in [9.17, 15) is 4.79 Å². The van der Waals surface area contributed by atoms with Crippen molar-refractivity contribution in [3.8, 4) is 22.7 Å². The SMILES string of the molecule is Cc1c(C(N)=O)cc(-c2cc(-c3ccccc3)on2)n1Cc1ccccc1. The van der Waals surface area contributed by atoms with Crippen LogP contribution in [-0.2, 0) is 6.54 Å². The lowest BCUT2D eigenvalue weighted by molar-refractivity contribution is 0.0999. The van der Waals surface area contributed by atoms with E-state index in [1.54, 1.807) is 6.07 Å². The van der Waals surface area contributed by atoms with Gasteiger partial charge in [-0.15, -0.1) is 0 Å². The number of nitrogens with two attached hydrogens (primary N) is 1. The summed E-state index contributed by atoms with van der Waals surface area (Å²) in [5.41, 5.74) is 10.4.